The van der Waals surface area contributed by atoms with Crippen molar-refractivity contribution in [2.24, 2.45) is 5.92 Å². The fraction of sp³-hybridized carbons (Fsp3) is 0.364. The lowest BCUT2D eigenvalue weighted by Gasteiger charge is -2.42. The number of carbonyl (C=O) groups excluding carboxylic acids is 1. The number of H-pyrrole nitrogens is 1. The summed E-state index contributed by atoms with van der Waals surface area (Å²) in [5, 5.41) is 1.09. The first-order chi connectivity index (χ1) is 13.5. The molecule has 1 aliphatic heterocycles. The summed E-state index contributed by atoms with van der Waals surface area (Å²) >= 11 is 0. The predicted octanol–water partition coefficient (Wildman–Crippen LogP) is 3.62. The van der Waals surface area contributed by atoms with Crippen molar-refractivity contribution < 1.29 is 9.18 Å². The van der Waals surface area contributed by atoms with Crippen LogP contribution in [0.1, 0.15) is 18.9 Å². The molecule has 3 aromatic rings. The summed E-state index contributed by atoms with van der Waals surface area (Å²) in [4.78, 5) is 24.6. The molecule has 4 rings (SSSR count). The lowest BCUT2D eigenvalue weighted by atomic mass is 9.91. The number of carbonyl (C=O) groups is 1. The molecule has 1 saturated heterocycles. The van der Waals surface area contributed by atoms with E-state index >= 15 is 0 Å². The number of likely N-dealkylation sites (N-methyl/N-ethyl adjacent to an activating group) is 1. The molecule has 28 heavy (non-hydrogen) atoms. The summed E-state index contributed by atoms with van der Waals surface area (Å²) in [6.07, 6.45) is 4.99. The second kappa shape index (κ2) is 7.62. The molecule has 0 radical (unpaired) electrons. The van der Waals surface area contributed by atoms with E-state index < -0.39 is 0 Å². The maximum absolute atomic E-state index is 13.1. The van der Waals surface area contributed by atoms with Crippen molar-refractivity contribution in [3.8, 4) is 0 Å². The fourth-order valence-electron chi connectivity index (χ4n) is 4.10. The van der Waals surface area contributed by atoms with E-state index in [-0.39, 0.29) is 17.8 Å². The Morgan fingerprint density at radius 1 is 1.29 bits per heavy atom. The van der Waals surface area contributed by atoms with Crippen molar-refractivity contribution in [3.05, 3.63) is 60.2 Å². The van der Waals surface area contributed by atoms with Crippen LogP contribution in [-0.2, 0) is 11.2 Å². The molecule has 1 fully saturated rings. The maximum Gasteiger partial charge on any atom is 0.227 e. The SMILES string of the molecule is C[C@@H]1CCN(C(=O)Cc2ccc(F)cc2)CC1N(C)c1ccnc2[nH]ccc12. The van der Waals surface area contributed by atoms with Crippen molar-refractivity contribution in [3.63, 3.8) is 0 Å². The number of nitrogens with one attached hydrogen (secondary N) is 1. The number of anilines is 1. The largest absolute Gasteiger partial charge is 0.369 e. The van der Waals surface area contributed by atoms with Gasteiger partial charge >= 0.3 is 0 Å². The predicted molar refractivity (Wildman–Crippen MR) is 109 cm³/mol. The van der Waals surface area contributed by atoms with Gasteiger partial charge in [-0.2, -0.15) is 0 Å². The number of amides is 1. The first-order valence-electron chi connectivity index (χ1n) is 9.70. The van der Waals surface area contributed by atoms with Crippen molar-refractivity contribution in [2.75, 3.05) is 25.0 Å². The van der Waals surface area contributed by atoms with Gasteiger partial charge in [-0.25, -0.2) is 9.37 Å². The molecule has 1 unspecified atom stereocenters. The van der Waals surface area contributed by atoms with Gasteiger partial charge in [-0.3, -0.25) is 4.79 Å². The number of pyridine rings is 1. The number of fused-ring (bicyclic) bond motifs is 1. The molecule has 3 heterocycles. The molecule has 5 nitrogen and oxygen atoms in total. The van der Waals surface area contributed by atoms with Crippen LogP contribution < -0.4 is 4.90 Å². The van der Waals surface area contributed by atoms with E-state index in [9.17, 15) is 9.18 Å². The van der Waals surface area contributed by atoms with Crippen LogP contribution in [0.5, 0.6) is 0 Å². The zero-order valence-corrected chi connectivity index (χ0v) is 16.2. The molecule has 1 amide bonds. The Morgan fingerprint density at radius 3 is 2.86 bits per heavy atom. The quantitative estimate of drug-likeness (QED) is 0.752. The third-order valence-electron chi connectivity index (χ3n) is 5.85. The lowest BCUT2D eigenvalue weighted by Crippen LogP contribution is -2.53. The van der Waals surface area contributed by atoms with Crippen molar-refractivity contribution in [1.29, 1.82) is 0 Å². The molecule has 2 atom stereocenters. The molecule has 0 spiro atoms. The van der Waals surface area contributed by atoms with Gasteiger partial charge < -0.3 is 14.8 Å². The summed E-state index contributed by atoms with van der Waals surface area (Å²) in [6.45, 7) is 3.70. The van der Waals surface area contributed by atoms with Crippen LogP contribution in [0.25, 0.3) is 11.0 Å². The van der Waals surface area contributed by atoms with E-state index in [1.165, 1.54) is 12.1 Å². The van der Waals surface area contributed by atoms with Gasteiger partial charge in [0.1, 0.15) is 11.5 Å². The Balaban J connectivity index is 1.50. The van der Waals surface area contributed by atoms with Crippen LogP contribution in [0.3, 0.4) is 0 Å². The monoisotopic (exact) mass is 380 g/mol. The number of rotatable bonds is 4. The number of hydrogen-bond donors (Lipinski definition) is 1. The molecule has 2 aromatic heterocycles. The number of aromatic nitrogens is 2. The molecule has 6 heteroatoms. The molecule has 0 saturated carbocycles. The Hall–Kier alpha value is -2.89. The lowest BCUT2D eigenvalue weighted by molar-refractivity contribution is -0.132. The van der Waals surface area contributed by atoms with Crippen LogP contribution in [0.15, 0.2) is 48.8 Å². The molecule has 1 aliphatic rings. The minimum absolute atomic E-state index is 0.0958. The summed E-state index contributed by atoms with van der Waals surface area (Å²) < 4.78 is 13.1. The summed E-state index contributed by atoms with van der Waals surface area (Å²) in [6, 6.07) is 10.5. The Bertz CT molecular complexity index is 968. The van der Waals surface area contributed by atoms with Crippen molar-refractivity contribution in [1.82, 2.24) is 14.9 Å². The molecule has 0 bridgehead atoms. The molecule has 1 aromatic carbocycles. The first kappa shape index (κ1) is 18.5. The Morgan fingerprint density at radius 2 is 2.07 bits per heavy atom. The van der Waals surface area contributed by atoms with Crippen LogP contribution in [0.2, 0.25) is 0 Å². The number of halogens is 1. The van der Waals surface area contributed by atoms with Gasteiger partial charge in [0.05, 0.1) is 6.42 Å². The minimum Gasteiger partial charge on any atom is -0.369 e. The minimum atomic E-state index is -0.280. The molecular formula is C22H25FN4O. The number of nitrogens with zero attached hydrogens (tertiary/aromatic N) is 3. The molecule has 146 valence electrons. The van der Waals surface area contributed by atoms with Gasteiger partial charge in [-0.1, -0.05) is 19.1 Å². The number of hydrogen-bond acceptors (Lipinski definition) is 3. The Labute approximate surface area is 164 Å². The average molecular weight is 380 g/mol. The second-order valence-corrected chi connectivity index (χ2v) is 7.66. The highest BCUT2D eigenvalue weighted by atomic mass is 19.1. The topological polar surface area (TPSA) is 52.2 Å². The van der Waals surface area contributed by atoms with Gasteiger partial charge in [0.2, 0.25) is 5.91 Å². The van der Waals surface area contributed by atoms with Crippen molar-refractivity contribution >= 4 is 22.6 Å². The van der Waals surface area contributed by atoms with Crippen LogP contribution in [-0.4, -0.2) is 47.0 Å². The van der Waals surface area contributed by atoms with Gasteiger partial charge in [0, 0.05) is 49.6 Å². The fourth-order valence-corrected chi connectivity index (χ4v) is 4.10. The summed E-state index contributed by atoms with van der Waals surface area (Å²) in [5.74, 6) is 0.290. The highest BCUT2D eigenvalue weighted by Gasteiger charge is 2.32. The van der Waals surface area contributed by atoms with Gasteiger partial charge in [-0.15, -0.1) is 0 Å². The average Bonchev–Trinajstić information content (AvgIpc) is 3.18. The molecule has 0 aliphatic carbocycles. The van der Waals surface area contributed by atoms with Crippen LogP contribution in [0, 0.1) is 11.7 Å². The first-order valence-corrected chi connectivity index (χ1v) is 9.70. The summed E-state index contributed by atoms with van der Waals surface area (Å²) in [5.41, 5.74) is 2.84. The zero-order valence-electron chi connectivity index (χ0n) is 16.2. The second-order valence-electron chi connectivity index (χ2n) is 7.66. The van der Waals surface area contributed by atoms with E-state index in [1.807, 2.05) is 29.4 Å². The third kappa shape index (κ3) is 3.59. The van der Waals surface area contributed by atoms with Crippen LogP contribution in [0.4, 0.5) is 10.1 Å². The van der Waals surface area contributed by atoms with Gasteiger partial charge in [0.15, 0.2) is 0 Å². The van der Waals surface area contributed by atoms with E-state index in [2.05, 4.69) is 28.8 Å². The summed E-state index contributed by atoms with van der Waals surface area (Å²) in [7, 11) is 2.09. The number of piperidine rings is 1. The maximum atomic E-state index is 13.1. The Kier molecular flexibility index (Phi) is 5.03. The zero-order chi connectivity index (χ0) is 19.7. The number of likely N-dealkylation sites (tertiary alicyclic amines) is 1. The smallest absolute Gasteiger partial charge is 0.227 e. The third-order valence-corrected chi connectivity index (χ3v) is 5.85. The van der Waals surface area contributed by atoms with E-state index in [0.717, 1.165) is 35.2 Å². The van der Waals surface area contributed by atoms with E-state index in [1.54, 1.807) is 12.1 Å². The van der Waals surface area contributed by atoms with Gasteiger partial charge in [-0.05, 0) is 42.2 Å². The highest BCUT2D eigenvalue weighted by Crippen LogP contribution is 2.30. The normalized spacial score (nSPS) is 19.8. The molecular weight excluding hydrogens is 355 g/mol. The molecule has 1 N–H and O–H groups in total. The standard InChI is InChI=1S/C22H25FN4O/c1-15-9-12-27(21(28)13-16-3-5-17(23)6-4-16)14-20(15)26(2)19-8-11-25-22-18(19)7-10-24-22/h3-8,10-11,15,20H,9,12-14H2,1-2H3,(H,24,25)/t15-,20?/m1/s1. The van der Waals surface area contributed by atoms with Gasteiger partial charge in [0.25, 0.3) is 0 Å². The van der Waals surface area contributed by atoms with Crippen molar-refractivity contribution in [2.45, 2.75) is 25.8 Å². The highest BCUT2D eigenvalue weighted by molar-refractivity contribution is 5.89. The number of aromatic amines is 1. The van der Waals surface area contributed by atoms with E-state index in [4.69, 9.17) is 0 Å². The van der Waals surface area contributed by atoms with Crippen LogP contribution >= 0.6 is 0 Å². The number of benzene rings is 1. The van der Waals surface area contributed by atoms with E-state index in [0.29, 0.717) is 18.9 Å².